The summed E-state index contributed by atoms with van der Waals surface area (Å²) in [4.78, 5) is 17.4. The summed E-state index contributed by atoms with van der Waals surface area (Å²) < 4.78 is 1.56. The molecule has 4 aromatic rings. The highest BCUT2D eigenvalue weighted by Crippen LogP contribution is 2.26. The molecule has 1 N–H and O–H groups in total. The molecule has 0 aliphatic rings. The van der Waals surface area contributed by atoms with Crippen LogP contribution in [0.15, 0.2) is 78.0 Å². The molecule has 2 aromatic heterocycles. The average Bonchev–Trinajstić information content (AvgIpc) is 3.16. The molecule has 0 fully saturated rings. The van der Waals surface area contributed by atoms with Crippen molar-refractivity contribution in [2.45, 2.75) is 17.2 Å². The maximum absolute atomic E-state index is 12.8. The molecule has 0 bridgehead atoms. The maximum atomic E-state index is 12.8. The van der Waals surface area contributed by atoms with Crippen molar-refractivity contribution in [2.75, 3.05) is 5.32 Å². The summed E-state index contributed by atoms with van der Waals surface area (Å²) in [5, 5.41) is 17.9. The zero-order valence-electron chi connectivity index (χ0n) is 15.6. The lowest BCUT2D eigenvalue weighted by molar-refractivity contribution is -0.115. The second kappa shape index (κ2) is 8.17. The van der Waals surface area contributed by atoms with E-state index in [1.165, 1.54) is 18.0 Å². The van der Waals surface area contributed by atoms with Crippen LogP contribution in [0.4, 0.5) is 5.82 Å². The van der Waals surface area contributed by atoms with Crippen LogP contribution in [0.25, 0.3) is 16.6 Å². The molecule has 7 heteroatoms. The Hall–Kier alpha value is -3.63. The van der Waals surface area contributed by atoms with Gasteiger partial charge in [0.25, 0.3) is 0 Å². The van der Waals surface area contributed by atoms with Gasteiger partial charge in [0.15, 0.2) is 5.82 Å². The summed E-state index contributed by atoms with van der Waals surface area (Å²) in [7, 11) is 0. The number of thioether (sulfide) groups is 1. The first-order valence-electron chi connectivity index (χ1n) is 9.02. The molecule has 0 aliphatic carbocycles. The summed E-state index contributed by atoms with van der Waals surface area (Å²) in [6, 6.07) is 23.2. The number of aromatic nitrogens is 3. The first kappa shape index (κ1) is 18.7. The zero-order chi connectivity index (χ0) is 20.2. The van der Waals surface area contributed by atoms with Crippen LogP contribution in [-0.4, -0.2) is 25.9 Å². The van der Waals surface area contributed by atoms with Crippen molar-refractivity contribution in [3.63, 3.8) is 0 Å². The summed E-state index contributed by atoms with van der Waals surface area (Å²) in [5.74, 6) is 0.141. The van der Waals surface area contributed by atoms with E-state index in [0.29, 0.717) is 11.4 Å². The van der Waals surface area contributed by atoms with Gasteiger partial charge >= 0.3 is 0 Å². The van der Waals surface area contributed by atoms with Crippen LogP contribution in [-0.2, 0) is 4.79 Å². The minimum atomic E-state index is -0.408. The topological polar surface area (TPSA) is 83.6 Å². The van der Waals surface area contributed by atoms with Crippen LogP contribution in [0.2, 0.25) is 0 Å². The van der Waals surface area contributed by atoms with Gasteiger partial charge in [-0.3, -0.25) is 4.79 Å². The number of para-hydroxylation sites is 2. The number of fused-ring (bicyclic) bond motifs is 1. The van der Waals surface area contributed by atoms with E-state index in [-0.39, 0.29) is 5.91 Å². The summed E-state index contributed by atoms with van der Waals surface area (Å²) in [6.45, 7) is 1.81. The van der Waals surface area contributed by atoms with Crippen molar-refractivity contribution in [1.29, 1.82) is 5.26 Å². The molecule has 0 radical (unpaired) electrons. The van der Waals surface area contributed by atoms with Crippen molar-refractivity contribution in [3.05, 3.63) is 78.5 Å². The predicted molar refractivity (Wildman–Crippen MR) is 114 cm³/mol. The van der Waals surface area contributed by atoms with Crippen LogP contribution in [0.5, 0.6) is 0 Å². The first-order valence-corrected chi connectivity index (χ1v) is 9.90. The van der Waals surface area contributed by atoms with Crippen molar-refractivity contribution in [1.82, 2.24) is 14.8 Å². The molecule has 1 unspecified atom stereocenters. The standard InChI is InChI=1S/C22H17N5OS/c1-15(29-20-12-11-16-7-5-6-10-19(16)25-20)22(28)26-21-17(13-23)14-24-27(21)18-8-3-2-4-9-18/h2-12,14-15H,1H3,(H,26,28). The number of pyridine rings is 1. The third-order valence-electron chi connectivity index (χ3n) is 4.37. The monoisotopic (exact) mass is 399 g/mol. The number of benzene rings is 2. The van der Waals surface area contributed by atoms with Crippen LogP contribution < -0.4 is 5.32 Å². The fourth-order valence-corrected chi connectivity index (χ4v) is 3.71. The summed E-state index contributed by atoms with van der Waals surface area (Å²) in [5.41, 5.74) is 1.96. The van der Waals surface area contributed by atoms with Gasteiger partial charge in [-0.25, -0.2) is 9.67 Å². The number of hydrogen-bond acceptors (Lipinski definition) is 5. The lowest BCUT2D eigenvalue weighted by atomic mass is 10.2. The molecule has 2 heterocycles. The van der Waals surface area contributed by atoms with Crippen LogP contribution in [0.1, 0.15) is 12.5 Å². The Morgan fingerprint density at radius 2 is 1.86 bits per heavy atom. The minimum Gasteiger partial charge on any atom is -0.309 e. The van der Waals surface area contributed by atoms with Gasteiger partial charge in [0, 0.05) is 5.39 Å². The third-order valence-corrected chi connectivity index (χ3v) is 5.41. The Kier molecular flexibility index (Phi) is 5.27. The number of anilines is 1. The quantitative estimate of drug-likeness (QED) is 0.503. The molecule has 1 amide bonds. The minimum absolute atomic E-state index is 0.223. The van der Waals surface area contributed by atoms with E-state index in [1.54, 1.807) is 4.68 Å². The highest BCUT2D eigenvalue weighted by atomic mass is 32.2. The Bertz CT molecular complexity index is 1210. The Balaban J connectivity index is 1.54. The Morgan fingerprint density at radius 3 is 2.66 bits per heavy atom. The van der Waals surface area contributed by atoms with Crippen molar-refractivity contribution in [3.8, 4) is 11.8 Å². The highest BCUT2D eigenvalue weighted by Gasteiger charge is 2.20. The van der Waals surface area contributed by atoms with Gasteiger partial charge in [-0.15, -0.1) is 0 Å². The van der Waals surface area contributed by atoms with E-state index in [2.05, 4.69) is 21.5 Å². The number of carbonyl (C=O) groups is 1. The number of rotatable bonds is 5. The van der Waals surface area contributed by atoms with E-state index in [0.717, 1.165) is 21.6 Å². The fraction of sp³-hybridized carbons (Fsp3) is 0.0909. The Morgan fingerprint density at radius 1 is 1.10 bits per heavy atom. The molecular weight excluding hydrogens is 382 g/mol. The van der Waals surface area contributed by atoms with Gasteiger partial charge in [-0.2, -0.15) is 10.4 Å². The van der Waals surface area contributed by atoms with Crippen LogP contribution in [0.3, 0.4) is 0 Å². The smallest absolute Gasteiger partial charge is 0.238 e. The number of nitriles is 1. The SMILES string of the molecule is CC(Sc1ccc2ccccc2n1)C(=O)Nc1c(C#N)cnn1-c1ccccc1. The van der Waals surface area contributed by atoms with E-state index in [9.17, 15) is 10.1 Å². The Labute approximate surface area is 172 Å². The molecule has 0 aliphatic heterocycles. The lowest BCUT2D eigenvalue weighted by Crippen LogP contribution is -2.24. The average molecular weight is 399 g/mol. The van der Waals surface area contributed by atoms with Gasteiger partial charge < -0.3 is 5.32 Å². The van der Waals surface area contributed by atoms with E-state index in [1.807, 2.05) is 73.7 Å². The number of hydrogen-bond donors (Lipinski definition) is 1. The highest BCUT2D eigenvalue weighted by molar-refractivity contribution is 8.00. The lowest BCUT2D eigenvalue weighted by Gasteiger charge is -2.13. The molecule has 29 heavy (non-hydrogen) atoms. The molecule has 2 aromatic carbocycles. The molecule has 6 nitrogen and oxygen atoms in total. The second-order valence-corrected chi connectivity index (χ2v) is 7.72. The summed E-state index contributed by atoms with van der Waals surface area (Å²) in [6.07, 6.45) is 1.45. The number of nitrogens with zero attached hydrogens (tertiary/aromatic N) is 4. The normalized spacial score (nSPS) is 11.7. The molecule has 4 rings (SSSR count). The number of amides is 1. The van der Waals surface area contributed by atoms with Gasteiger partial charge in [0.1, 0.15) is 11.6 Å². The first-order chi connectivity index (χ1) is 14.2. The number of nitrogens with one attached hydrogen (secondary N) is 1. The zero-order valence-corrected chi connectivity index (χ0v) is 16.4. The maximum Gasteiger partial charge on any atom is 0.238 e. The summed E-state index contributed by atoms with van der Waals surface area (Å²) >= 11 is 1.37. The largest absolute Gasteiger partial charge is 0.309 e. The van der Waals surface area contributed by atoms with Crippen molar-refractivity contribution >= 4 is 34.4 Å². The van der Waals surface area contributed by atoms with Crippen molar-refractivity contribution < 1.29 is 4.79 Å². The molecule has 0 spiro atoms. The molecule has 0 saturated heterocycles. The number of carbonyl (C=O) groups excluding carboxylic acids is 1. The van der Waals surface area contributed by atoms with E-state index >= 15 is 0 Å². The third kappa shape index (κ3) is 3.98. The van der Waals surface area contributed by atoms with Crippen LogP contribution >= 0.6 is 11.8 Å². The molecule has 142 valence electrons. The van der Waals surface area contributed by atoms with Gasteiger partial charge in [0.05, 0.1) is 27.7 Å². The van der Waals surface area contributed by atoms with Gasteiger partial charge in [-0.05, 0) is 31.2 Å². The molecule has 0 saturated carbocycles. The van der Waals surface area contributed by atoms with Crippen molar-refractivity contribution in [2.24, 2.45) is 0 Å². The molecular formula is C22H17N5OS. The molecule has 1 atom stereocenters. The van der Waals surface area contributed by atoms with Gasteiger partial charge in [0.2, 0.25) is 5.91 Å². The van der Waals surface area contributed by atoms with E-state index < -0.39 is 5.25 Å². The fourth-order valence-electron chi connectivity index (χ4n) is 2.88. The van der Waals surface area contributed by atoms with Crippen LogP contribution in [0, 0.1) is 11.3 Å². The van der Waals surface area contributed by atoms with E-state index in [4.69, 9.17) is 0 Å². The predicted octanol–water partition coefficient (Wildman–Crippen LogP) is 4.41. The second-order valence-electron chi connectivity index (χ2n) is 6.36. The van der Waals surface area contributed by atoms with Gasteiger partial charge in [-0.1, -0.05) is 54.2 Å².